The van der Waals surface area contributed by atoms with Crippen molar-refractivity contribution in [3.05, 3.63) is 44.9 Å². The van der Waals surface area contributed by atoms with Crippen LogP contribution in [0.2, 0.25) is 10.2 Å². The minimum absolute atomic E-state index is 0.0645. The number of carbonyl (C=O) groups is 1. The van der Waals surface area contributed by atoms with Crippen molar-refractivity contribution in [3.63, 3.8) is 0 Å². The Balaban J connectivity index is 0.000000246. The normalized spacial score (nSPS) is 11.6. The number of aliphatic hydroxyl groups is 1. The molecule has 0 aliphatic rings. The predicted molar refractivity (Wildman–Crippen MR) is 75.2 cm³/mol. The number of benzene rings is 1. The molecule has 0 spiro atoms. The Labute approximate surface area is 123 Å². The average molecular weight is 320 g/mol. The molecule has 6 nitrogen and oxygen atoms in total. The summed E-state index contributed by atoms with van der Waals surface area (Å²) in [5.74, 6) is -1.18. The number of hydrogen-bond acceptors (Lipinski definition) is 5. The number of aliphatic carboxylic acids is 1. The smallest absolute Gasteiger partial charge is 0.345 e. The molecule has 0 radical (unpaired) electrons. The van der Waals surface area contributed by atoms with E-state index in [1.165, 1.54) is 0 Å². The van der Waals surface area contributed by atoms with Crippen molar-refractivity contribution in [2.24, 2.45) is 5.73 Å². The lowest BCUT2D eigenvalue weighted by Gasteiger charge is -1.98. The van der Waals surface area contributed by atoms with Gasteiger partial charge in [-0.2, -0.15) is 0 Å². The van der Waals surface area contributed by atoms with Crippen LogP contribution in [-0.2, 0) is 4.79 Å². The van der Waals surface area contributed by atoms with E-state index in [4.69, 9.17) is 43.6 Å². The summed E-state index contributed by atoms with van der Waals surface area (Å²) in [6.45, 7) is -0.505. The molecule has 108 valence electrons. The Morgan fingerprint density at radius 1 is 1.30 bits per heavy atom. The van der Waals surface area contributed by atoms with Crippen LogP contribution in [-0.4, -0.2) is 28.8 Å². The monoisotopic (exact) mass is 319 g/mol. The molecular weight excluding hydrogens is 309 g/mol. The van der Waals surface area contributed by atoms with E-state index < -0.39 is 24.2 Å². The summed E-state index contributed by atoms with van der Waals surface area (Å²) in [5, 5.41) is 17.2. The van der Waals surface area contributed by atoms with Gasteiger partial charge < -0.3 is 20.4 Å². The van der Waals surface area contributed by atoms with Gasteiger partial charge >= 0.3 is 11.6 Å². The van der Waals surface area contributed by atoms with Gasteiger partial charge in [-0.3, -0.25) is 4.79 Å². The van der Waals surface area contributed by atoms with Crippen LogP contribution in [0.5, 0.6) is 0 Å². The van der Waals surface area contributed by atoms with Crippen molar-refractivity contribution in [3.8, 4) is 0 Å². The quantitative estimate of drug-likeness (QED) is 0.772. The van der Waals surface area contributed by atoms with Gasteiger partial charge in [0, 0.05) is 5.39 Å². The highest BCUT2D eigenvalue weighted by molar-refractivity contribution is 6.44. The third-order valence-corrected chi connectivity index (χ3v) is 2.99. The molecule has 2 rings (SSSR count). The largest absolute Gasteiger partial charge is 0.480 e. The average Bonchev–Trinajstić information content (AvgIpc) is 2.44. The van der Waals surface area contributed by atoms with Gasteiger partial charge in [0.2, 0.25) is 5.22 Å². The Kier molecular flexibility index (Phi) is 5.97. The third-order valence-electron chi connectivity index (χ3n) is 2.25. The van der Waals surface area contributed by atoms with Crippen LogP contribution >= 0.6 is 23.2 Å². The number of nitrogens with two attached hydrogens (primary N) is 1. The highest BCUT2D eigenvalue weighted by Gasteiger charge is 2.08. The van der Waals surface area contributed by atoms with E-state index in [1.54, 1.807) is 24.3 Å². The summed E-state index contributed by atoms with van der Waals surface area (Å²) in [5.41, 5.74) is 4.30. The van der Waals surface area contributed by atoms with Crippen LogP contribution < -0.4 is 11.4 Å². The summed E-state index contributed by atoms with van der Waals surface area (Å²) in [6.07, 6.45) is 0. The molecule has 1 heterocycles. The Morgan fingerprint density at radius 3 is 2.30 bits per heavy atom. The minimum atomic E-state index is -1.18. The fourth-order valence-corrected chi connectivity index (χ4v) is 1.59. The number of rotatable bonds is 2. The lowest BCUT2D eigenvalue weighted by Crippen LogP contribution is -2.33. The maximum atomic E-state index is 11.2. The minimum Gasteiger partial charge on any atom is -0.480 e. The first-order valence-electron chi connectivity index (χ1n) is 5.34. The molecule has 1 aromatic heterocycles. The number of halogens is 2. The fraction of sp³-hybridized carbons (Fsp3) is 0.167. The molecule has 0 amide bonds. The zero-order valence-corrected chi connectivity index (χ0v) is 11.6. The van der Waals surface area contributed by atoms with Crippen LogP contribution in [0.15, 0.2) is 33.5 Å². The lowest BCUT2D eigenvalue weighted by molar-refractivity contribution is -0.139. The fourth-order valence-electron chi connectivity index (χ4n) is 1.22. The summed E-state index contributed by atoms with van der Waals surface area (Å²) in [7, 11) is 0. The molecule has 4 N–H and O–H groups in total. The molecular formula is C12H11Cl2NO5. The van der Waals surface area contributed by atoms with E-state index in [9.17, 15) is 9.59 Å². The van der Waals surface area contributed by atoms with Crippen LogP contribution in [0, 0.1) is 0 Å². The van der Waals surface area contributed by atoms with Crippen molar-refractivity contribution in [2.75, 3.05) is 6.61 Å². The second-order valence-corrected chi connectivity index (χ2v) is 4.37. The molecule has 0 saturated carbocycles. The molecule has 1 aromatic carbocycles. The van der Waals surface area contributed by atoms with Crippen LogP contribution in [0.25, 0.3) is 10.8 Å². The number of aliphatic hydroxyl groups excluding tert-OH is 1. The van der Waals surface area contributed by atoms with E-state index in [0.29, 0.717) is 10.8 Å². The van der Waals surface area contributed by atoms with Crippen LogP contribution in [0.4, 0.5) is 0 Å². The zero-order chi connectivity index (χ0) is 15.3. The molecule has 1 atom stereocenters. The van der Waals surface area contributed by atoms with Gasteiger partial charge in [0.15, 0.2) is 0 Å². The number of hydrogen-bond donors (Lipinski definition) is 3. The predicted octanol–water partition coefficient (Wildman–Crippen LogP) is 1.49. The van der Waals surface area contributed by atoms with Crippen LogP contribution in [0.1, 0.15) is 0 Å². The first kappa shape index (κ1) is 16.5. The standard InChI is InChI=1S/C9H4Cl2O2.C3H7NO3/c10-7-5-3-1-2-4-6(5)9(12)13-8(7)11;4-2(1-5)3(6)7/h1-4H;2,5H,1,4H2,(H,6,7)/t;2-/m.0/s1. The second-order valence-electron chi connectivity index (χ2n) is 3.65. The van der Waals surface area contributed by atoms with Gasteiger partial charge in [0.05, 0.1) is 12.0 Å². The highest BCUT2D eigenvalue weighted by atomic mass is 35.5. The number of carboxylic acids is 1. The maximum Gasteiger partial charge on any atom is 0.345 e. The molecule has 0 aliphatic heterocycles. The van der Waals surface area contributed by atoms with Gasteiger partial charge in [0.25, 0.3) is 0 Å². The maximum absolute atomic E-state index is 11.2. The molecule has 0 fully saturated rings. The summed E-state index contributed by atoms with van der Waals surface area (Å²) in [4.78, 5) is 20.9. The summed E-state index contributed by atoms with van der Waals surface area (Å²) < 4.78 is 4.70. The number of fused-ring (bicyclic) bond motifs is 1. The van der Waals surface area contributed by atoms with Crippen molar-refractivity contribution < 1.29 is 19.4 Å². The van der Waals surface area contributed by atoms with E-state index in [1.807, 2.05) is 0 Å². The van der Waals surface area contributed by atoms with Gasteiger partial charge in [-0.1, -0.05) is 29.8 Å². The topological polar surface area (TPSA) is 114 Å². The van der Waals surface area contributed by atoms with E-state index >= 15 is 0 Å². The first-order chi connectivity index (χ1) is 9.38. The van der Waals surface area contributed by atoms with Gasteiger partial charge in [0.1, 0.15) is 11.1 Å². The Hall–Kier alpha value is -1.60. The molecule has 0 saturated heterocycles. The van der Waals surface area contributed by atoms with Crippen molar-refractivity contribution in [1.82, 2.24) is 0 Å². The van der Waals surface area contributed by atoms with Crippen LogP contribution in [0.3, 0.4) is 0 Å². The Morgan fingerprint density at radius 2 is 1.85 bits per heavy atom. The number of carboxylic acid groups (broad SMARTS) is 1. The van der Waals surface area contributed by atoms with E-state index in [2.05, 4.69) is 0 Å². The zero-order valence-electron chi connectivity index (χ0n) is 10.0. The third kappa shape index (κ3) is 3.94. The van der Waals surface area contributed by atoms with Gasteiger partial charge in [-0.25, -0.2) is 4.79 Å². The molecule has 20 heavy (non-hydrogen) atoms. The van der Waals surface area contributed by atoms with Crippen molar-refractivity contribution >= 4 is 39.9 Å². The summed E-state index contributed by atoms with van der Waals surface area (Å²) >= 11 is 11.4. The second kappa shape index (κ2) is 7.25. The van der Waals surface area contributed by atoms with Gasteiger partial charge in [-0.15, -0.1) is 0 Å². The van der Waals surface area contributed by atoms with E-state index in [0.717, 1.165) is 0 Å². The Bertz CT molecular complexity index is 670. The van der Waals surface area contributed by atoms with E-state index in [-0.39, 0.29) is 10.2 Å². The molecule has 8 heteroatoms. The SMILES string of the molecule is N[C@@H](CO)C(=O)O.O=c1oc(Cl)c(Cl)c2ccccc12. The van der Waals surface area contributed by atoms with Crippen molar-refractivity contribution in [1.29, 1.82) is 0 Å². The highest BCUT2D eigenvalue weighted by Crippen LogP contribution is 2.27. The summed E-state index contributed by atoms with van der Waals surface area (Å²) in [6, 6.07) is 5.76. The first-order valence-corrected chi connectivity index (χ1v) is 6.10. The van der Waals surface area contributed by atoms with Gasteiger partial charge in [-0.05, 0) is 17.7 Å². The molecule has 0 unspecified atom stereocenters. The van der Waals surface area contributed by atoms with Crippen molar-refractivity contribution in [2.45, 2.75) is 6.04 Å². The molecule has 0 aliphatic carbocycles. The molecule has 0 bridgehead atoms. The molecule has 2 aromatic rings. The lowest BCUT2D eigenvalue weighted by atomic mass is 10.2.